The van der Waals surface area contributed by atoms with Crippen molar-refractivity contribution in [2.24, 2.45) is 0 Å². The molecule has 1 unspecified atom stereocenters. The SMILES string of the molecule is Cc1cc2c(SC(C)C(=O)O)ccc([N+](=O)[O-])c2cn1. The first-order valence-electron chi connectivity index (χ1n) is 5.83. The smallest absolute Gasteiger partial charge is 0.316 e. The normalized spacial score (nSPS) is 12.3. The number of carbonyl (C=O) groups is 1. The molecule has 6 nitrogen and oxygen atoms in total. The Bertz CT molecular complexity index is 702. The number of pyridine rings is 1. The summed E-state index contributed by atoms with van der Waals surface area (Å²) in [4.78, 5) is 26.3. The third kappa shape index (κ3) is 2.72. The number of fused-ring (bicyclic) bond motifs is 1. The molecule has 20 heavy (non-hydrogen) atoms. The highest BCUT2D eigenvalue weighted by Crippen LogP contribution is 2.35. The monoisotopic (exact) mass is 292 g/mol. The maximum Gasteiger partial charge on any atom is 0.316 e. The van der Waals surface area contributed by atoms with Gasteiger partial charge in [-0.15, -0.1) is 11.8 Å². The molecule has 7 heteroatoms. The highest BCUT2D eigenvalue weighted by atomic mass is 32.2. The number of aryl methyl sites for hydroxylation is 1. The molecule has 0 aliphatic rings. The van der Waals surface area contributed by atoms with Crippen molar-refractivity contribution in [3.8, 4) is 0 Å². The van der Waals surface area contributed by atoms with E-state index >= 15 is 0 Å². The van der Waals surface area contributed by atoms with Gasteiger partial charge in [-0.05, 0) is 26.0 Å². The molecule has 0 saturated carbocycles. The number of aliphatic carboxylic acids is 1. The van der Waals surface area contributed by atoms with Gasteiger partial charge in [0.15, 0.2) is 0 Å². The second-order valence-electron chi connectivity index (χ2n) is 4.31. The Morgan fingerprint density at radius 1 is 1.45 bits per heavy atom. The van der Waals surface area contributed by atoms with E-state index in [1.807, 2.05) is 0 Å². The minimum absolute atomic E-state index is 0.0279. The van der Waals surface area contributed by atoms with Crippen LogP contribution in [-0.2, 0) is 4.79 Å². The van der Waals surface area contributed by atoms with E-state index in [0.29, 0.717) is 15.7 Å². The van der Waals surface area contributed by atoms with Crippen molar-refractivity contribution in [2.75, 3.05) is 0 Å². The number of aromatic nitrogens is 1. The number of carboxylic acid groups (broad SMARTS) is 1. The molecule has 0 fully saturated rings. The zero-order valence-corrected chi connectivity index (χ0v) is 11.7. The van der Waals surface area contributed by atoms with E-state index in [1.165, 1.54) is 12.3 Å². The molecule has 1 atom stereocenters. The Labute approximate surface area is 119 Å². The number of nitro benzene ring substituents is 1. The first-order valence-corrected chi connectivity index (χ1v) is 6.71. The molecule has 2 rings (SSSR count). The summed E-state index contributed by atoms with van der Waals surface area (Å²) in [6.07, 6.45) is 1.46. The number of non-ortho nitro benzene ring substituents is 1. The number of hydrogen-bond donors (Lipinski definition) is 1. The first-order chi connectivity index (χ1) is 9.40. The summed E-state index contributed by atoms with van der Waals surface area (Å²) in [5, 5.41) is 20.4. The lowest BCUT2D eigenvalue weighted by molar-refractivity contribution is -0.383. The Kier molecular flexibility index (Phi) is 3.89. The molecule has 1 heterocycles. The van der Waals surface area contributed by atoms with Gasteiger partial charge in [0.1, 0.15) is 5.25 Å². The third-order valence-electron chi connectivity index (χ3n) is 2.82. The summed E-state index contributed by atoms with van der Waals surface area (Å²) >= 11 is 1.16. The van der Waals surface area contributed by atoms with Crippen LogP contribution in [0.2, 0.25) is 0 Å². The lowest BCUT2D eigenvalue weighted by atomic mass is 10.1. The van der Waals surface area contributed by atoms with E-state index in [2.05, 4.69) is 4.98 Å². The Hall–Kier alpha value is -2.15. The Morgan fingerprint density at radius 2 is 2.15 bits per heavy atom. The van der Waals surface area contributed by atoms with Gasteiger partial charge in [-0.2, -0.15) is 0 Å². The third-order valence-corrected chi connectivity index (χ3v) is 3.99. The van der Waals surface area contributed by atoms with Crippen LogP contribution >= 0.6 is 11.8 Å². The second kappa shape index (κ2) is 5.46. The number of thioether (sulfide) groups is 1. The van der Waals surface area contributed by atoms with Crippen LogP contribution < -0.4 is 0 Å². The first kappa shape index (κ1) is 14.3. The van der Waals surface area contributed by atoms with Crippen LogP contribution in [-0.4, -0.2) is 26.2 Å². The largest absolute Gasteiger partial charge is 0.480 e. The maximum absolute atomic E-state index is 11.0. The van der Waals surface area contributed by atoms with Crippen molar-refractivity contribution in [2.45, 2.75) is 24.0 Å². The second-order valence-corrected chi connectivity index (χ2v) is 5.69. The molecule has 0 radical (unpaired) electrons. The molecule has 1 aromatic heterocycles. The van der Waals surface area contributed by atoms with Gasteiger partial charge in [-0.25, -0.2) is 0 Å². The lowest BCUT2D eigenvalue weighted by Crippen LogP contribution is -2.11. The molecule has 0 aliphatic carbocycles. The average molecular weight is 292 g/mol. The van der Waals surface area contributed by atoms with Crippen LogP contribution in [0.15, 0.2) is 29.3 Å². The van der Waals surface area contributed by atoms with Gasteiger partial charge in [0, 0.05) is 28.2 Å². The summed E-state index contributed by atoms with van der Waals surface area (Å²) in [5.74, 6) is -0.924. The van der Waals surface area contributed by atoms with Gasteiger partial charge in [-0.3, -0.25) is 19.9 Å². The minimum atomic E-state index is -0.924. The van der Waals surface area contributed by atoms with Gasteiger partial charge in [0.05, 0.1) is 10.3 Å². The molecule has 0 spiro atoms. The van der Waals surface area contributed by atoms with Crippen molar-refractivity contribution in [1.29, 1.82) is 0 Å². The molecular formula is C13H12N2O4S. The average Bonchev–Trinajstić information content (AvgIpc) is 2.38. The van der Waals surface area contributed by atoms with Crippen molar-refractivity contribution >= 4 is 34.2 Å². The predicted molar refractivity (Wildman–Crippen MR) is 76.1 cm³/mol. The number of hydrogen-bond acceptors (Lipinski definition) is 5. The quantitative estimate of drug-likeness (QED) is 0.529. The summed E-state index contributed by atoms with van der Waals surface area (Å²) in [5.41, 5.74) is 0.697. The van der Waals surface area contributed by atoms with Crippen molar-refractivity contribution in [3.63, 3.8) is 0 Å². The molecule has 0 amide bonds. The van der Waals surface area contributed by atoms with Crippen LogP contribution in [0.4, 0.5) is 5.69 Å². The molecule has 104 valence electrons. The minimum Gasteiger partial charge on any atom is -0.480 e. The predicted octanol–water partition coefficient (Wildman–Crippen LogP) is 3.02. The molecule has 1 aromatic carbocycles. The van der Waals surface area contributed by atoms with Crippen molar-refractivity contribution in [3.05, 3.63) is 40.2 Å². The van der Waals surface area contributed by atoms with Crippen molar-refractivity contribution in [1.82, 2.24) is 4.98 Å². The standard InChI is InChI=1S/C13H12N2O4S/c1-7-5-9-10(6-14-7)11(15(18)19)3-4-12(9)20-8(2)13(16)17/h3-6,8H,1-2H3,(H,16,17). The lowest BCUT2D eigenvalue weighted by Gasteiger charge is -2.10. The van der Waals surface area contributed by atoms with Gasteiger partial charge in [-0.1, -0.05) is 0 Å². The Morgan fingerprint density at radius 3 is 2.75 bits per heavy atom. The van der Waals surface area contributed by atoms with Crippen LogP contribution in [0, 0.1) is 17.0 Å². The molecule has 0 aliphatic heterocycles. The highest BCUT2D eigenvalue weighted by Gasteiger charge is 2.19. The van der Waals surface area contributed by atoms with Crippen LogP contribution in [0.1, 0.15) is 12.6 Å². The van der Waals surface area contributed by atoms with E-state index in [4.69, 9.17) is 5.11 Å². The molecule has 1 N–H and O–H groups in total. The van der Waals surface area contributed by atoms with E-state index in [9.17, 15) is 14.9 Å². The number of carboxylic acids is 1. The number of rotatable bonds is 4. The summed E-state index contributed by atoms with van der Waals surface area (Å²) in [7, 11) is 0. The zero-order chi connectivity index (χ0) is 14.9. The Balaban J connectivity index is 2.62. The number of benzene rings is 1. The van der Waals surface area contributed by atoms with E-state index in [-0.39, 0.29) is 5.69 Å². The van der Waals surface area contributed by atoms with Crippen LogP contribution in [0.5, 0.6) is 0 Å². The highest BCUT2D eigenvalue weighted by molar-refractivity contribution is 8.00. The fraction of sp³-hybridized carbons (Fsp3) is 0.231. The zero-order valence-electron chi connectivity index (χ0n) is 10.9. The van der Waals surface area contributed by atoms with Gasteiger partial charge >= 0.3 is 5.97 Å². The van der Waals surface area contributed by atoms with Gasteiger partial charge in [0.2, 0.25) is 0 Å². The molecule has 0 bridgehead atoms. The van der Waals surface area contributed by atoms with Gasteiger partial charge < -0.3 is 5.11 Å². The maximum atomic E-state index is 11.0. The fourth-order valence-corrected chi connectivity index (χ4v) is 2.73. The summed E-state index contributed by atoms with van der Waals surface area (Å²) in [6.45, 7) is 3.36. The fourth-order valence-electron chi connectivity index (χ4n) is 1.80. The number of nitrogens with zero attached hydrogens (tertiary/aromatic N) is 2. The summed E-state index contributed by atoms with van der Waals surface area (Å²) in [6, 6.07) is 4.71. The van der Waals surface area contributed by atoms with Crippen LogP contribution in [0.3, 0.4) is 0 Å². The molecule has 0 saturated heterocycles. The van der Waals surface area contributed by atoms with E-state index in [0.717, 1.165) is 17.5 Å². The molecule has 2 aromatic rings. The summed E-state index contributed by atoms with van der Waals surface area (Å²) < 4.78 is 0. The number of nitro groups is 1. The van der Waals surface area contributed by atoms with Crippen molar-refractivity contribution < 1.29 is 14.8 Å². The van der Waals surface area contributed by atoms with E-state index < -0.39 is 16.1 Å². The molecular weight excluding hydrogens is 280 g/mol. The topological polar surface area (TPSA) is 93.3 Å². The van der Waals surface area contributed by atoms with E-state index in [1.54, 1.807) is 26.0 Å². The van der Waals surface area contributed by atoms with Crippen LogP contribution in [0.25, 0.3) is 10.8 Å². The van der Waals surface area contributed by atoms with Gasteiger partial charge in [0.25, 0.3) is 5.69 Å².